The van der Waals surface area contributed by atoms with Gasteiger partial charge in [0.2, 0.25) is 5.91 Å². The van der Waals surface area contributed by atoms with Crippen molar-refractivity contribution in [2.24, 2.45) is 0 Å². The van der Waals surface area contributed by atoms with E-state index in [1.54, 1.807) is 25.3 Å². The quantitative estimate of drug-likeness (QED) is 0.675. The van der Waals surface area contributed by atoms with Crippen LogP contribution in [0.2, 0.25) is 0 Å². The Morgan fingerprint density at radius 2 is 1.43 bits per heavy atom. The minimum atomic E-state index is -1.06. The molecule has 0 radical (unpaired) electrons. The molecule has 0 spiro atoms. The van der Waals surface area contributed by atoms with Crippen molar-refractivity contribution in [1.29, 1.82) is 0 Å². The number of aliphatic carboxylic acids is 1. The van der Waals surface area contributed by atoms with Gasteiger partial charge in [-0.25, -0.2) is 0 Å². The van der Waals surface area contributed by atoms with Crippen LogP contribution in [0.4, 0.5) is 0 Å². The zero-order valence-electron chi connectivity index (χ0n) is 16.3. The van der Waals surface area contributed by atoms with Crippen LogP contribution < -0.4 is 14.2 Å². The van der Waals surface area contributed by atoms with E-state index in [9.17, 15) is 14.7 Å². The second kappa shape index (κ2) is 10.2. The second-order valence-corrected chi connectivity index (χ2v) is 6.21. The van der Waals surface area contributed by atoms with Gasteiger partial charge >= 0.3 is 5.97 Å². The fourth-order valence-electron chi connectivity index (χ4n) is 2.78. The lowest BCUT2D eigenvalue weighted by atomic mass is 10.1. The average molecular weight is 387 g/mol. The van der Waals surface area contributed by atoms with Gasteiger partial charge in [0, 0.05) is 19.0 Å². The molecule has 2 rings (SSSR count). The number of benzene rings is 2. The summed E-state index contributed by atoms with van der Waals surface area (Å²) >= 11 is 0. The topological polar surface area (TPSA) is 85.3 Å². The molecule has 7 nitrogen and oxygen atoms in total. The minimum absolute atomic E-state index is 0.154. The van der Waals surface area contributed by atoms with Crippen LogP contribution in [-0.4, -0.2) is 49.8 Å². The van der Waals surface area contributed by atoms with Gasteiger partial charge in [0.15, 0.2) is 0 Å². The highest BCUT2D eigenvalue weighted by atomic mass is 16.5. The number of amides is 1. The maximum absolute atomic E-state index is 12.7. The zero-order chi connectivity index (χ0) is 20.5. The van der Waals surface area contributed by atoms with Crippen molar-refractivity contribution in [2.45, 2.75) is 19.4 Å². The molecule has 0 saturated heterocycles. The van der Waals surface area contributed by atoms with Gasteiger partial charge < -0.3 is 24.2 Å². The van der Waals surface area contributed by atoms with E-state index in [1.807, 2.05) is 24.3 Å². The molecule has 0 aromatic heterocycles. The molecule has 0 aliphatic rings. The third-order valence-corrected chi connectivity index (χ3v) is 4.25. The smallest absolute Gasteiger partial charge is 0.323 e. The lowest BCUT2D eigenvalue weighted by molar-refractivity contribution is -0.144. The third-order valence-electron chi connectivity index (χ3n) is 4.25. The summed E-state index contributed by atoms with van der Waals surface area (Å²) in [5.74, 6) is 0.604. The number of methoxy groups -OCH3 is 3. The van der Waals surface area contributed by atoms with Crippen molar-refractivity contribution in [3.63, 3.8) is 0 Å². The van der Waals surface area contributed by atoms with Gasteiger partial charge in [0.05, 0.1) is 21.3 Å². The molecule has 150 valence electrons. The van der Waals surface area contributed by atoms with Gasteiger partial charge in [-0.3, -0.25) is 9.59 Å². The molecule has 0 saturated carbocycles. The number of carbonyl (C=O) groups excluding carboxylic acids is 1. The Kier molecular flexibility index (Phi) is 7.68. The fraction of sp³-hybridized carbons (Fsp3) is 0.333. The number of rotatable bonds is 10. The average Bonchev–Trinajstić information content (AvgIpc) is 2.71. The van der Waals surface area contributed by atoms with Gasteiger partial charge in [-0.2, -0.15) is 0 Å². The van der Waals surface area contributed by atoms with E-state index in [0.29, 0.717) is 17.9 Å². The standard InChI is InChI=1S/C21H25NO6/c1-26-17-7-4-15(5-8-17)6-9-20(23)22(14-21(24)25)13-16-10-18(27-2)12-19(11-16)28-3/h4-5,7-8,10-12H,6,9,13-14H2,1-3H3,(H,24,25). The monoisotopic (exact) mass is 387 g/mol. The van der Waals surface area contributed by atoms with Crippen LogP contribution in [0.15, 0.2) is 42.5 Å². The molecular formula is C21H25NO6. The highest BCUT2D eigenvalue weighted by Crippen LogP contribution is 2.23. The molecule has 0 bridgehead atoms. The van der Waals surface area contributed by atoms with Gasteiger partial charge in [0.25, 0.3) is 0 Å². The number of carboxylic acids is 1. The zero-order valence-corrected chi connectivity index (χ0v) is 16.3. The first-order valence-electron chi connectivity index (χ1n) is 8.79. The number of hydrogen-bond acceptors (Lipinski definition) is 5. The summed E-state index contributed by atoms with van der Waals surface area (Å²) in [6.07, 6.45) is 0.723. The maximum atomic E-state index is 12.7. The second-order valence-electron chi connectivity index (χ2n) is 6.21. The van der Waals surface area contributed by atoms with E-state index in [0.717, 1.165) is 16.9 Å². The molecule has 0 aliphatic heterocycles. The molecule has 2 aromatic rings. The lowest BCUT2D eigenvalue weighted by Crippen LogP contribution is -2.35. The minimum Gasteiger partial charge on any atom is -0.497 e. The number of carbonyl (C=O) groups is 2. The van der Waals surface area contributed by atoms with E-state index < -0.39 is 5.97 Å². The summed E-state index contributed by atoms with van der Waals surface area (Å²) in [5.41, 5.74) is 1.71. The van der Waals surface area contributed by atoms with Crippen molar-refractivity contribution in [2.75, 3.05) is 27.9 Å². The van der Waals surface area contributed by atoms with Gasteiger partial charge in [0.1, 0.15) is 23.8 Å². The lowest BCUT2D eigenvalue weighted by Gasteiger charge is -2.21. The van der Waals surface area contributed by atoms with E-state index in [1.165, 1.54) is 19.1 Å². The Morgan fingerprint density at radius 3 is 1.93 bits per heavy atom. The summed E-state index contributed by atoms with van der Waals surface area (Å²) in [6.45, 7) is -0.220. The highest BCUT2D eigenvalue weighted by Gasteiger charge is 2.18. The van der Waals surface area contributed by atoms with E-state index >= 15 is 0 Å². The normalized spacial score (nSPS) is 10.2. The van der Waals surface area contributed by atoms with Gasteiger partial charge in [-0.05, 0) is 41.8 Å². The molecule has 2 aromatic carbocycles. The molecule has 1 amide bonds. The molecule has 0 aliphatic carbocycles. The van der Waals surface area contributed by atoms with Crippen molar-refractivity contribution in [1.82, 2.24) is 4.90 Å². The molecule has 1 N–H and O–H groups in total. The molecule has 0 heterocycles. The molecule has 0 atom stereocenters. The van der Waals surface area contributed by atoms with E-state index in [2.05, 4.69) is 0 Å². The summed E-state index contributed by atoms with van der Waals surface area (Å²) in [6, 6.07) is 12.7. The summed E-state index contributed by atoms with van der Waals surface area (Å²) in [5, 5.41) is 9.20. The summed E-state index contributed by atoms with van der Waals surface area (Å²) < 4.78 is 15.6. The SMILES string of the molecule is COc1ccc(CCC(=O)N(CC(=O)O)Cc2cc(OC)cc(OC)c2)cc1. The Balaban J connectivity index is 2.09. The number of aryl methyl sites for hydroxylation is 1. The molecule has 0 unspecified atom stereocenters. The number of carboxylic acid groups (broad SMARTS) is 1. The first-order valence-corrected chi connectivity index (χ1v) is 8.79. The highest BCUT2D eigenvalue weighted by molar-refractivity contribution is 5.81. The first-order chi connectivity index (χ1) is 13.4. The van der Waals surface area contributed by atoms with Crippen molar-refractivity contribution < 1.29 is 28.9 Å². The van der Waals surface area contributed by atoms with Crippen LogP contribution in [0.3, 0.4) is 0 Å². The molecule has 0 fully saturated rings. The molecular weight excluding hydrogens is 362 g/mol. The van der Waals surface area contributed by atoms with E-state index in [4.69, 9.17) is 14.2 Å². The fourth-order valence-corrected chi connectivity index (χ4v) is 2.78. The largest absolute Gasteiger partial charge is 0.497 e. The molecule has 7 heteroatoms. The first kappa shape index (κ1) is 21.1. The Hall–Kier alpha value is -3.22. The maximum Gasteiger partial charge on any atom is 0.323 e. The van der Waals surface area contributed by atoms with Crippen LogP contribution in [0.25, 0.3) is 0 Å². The van der Waals surface area contributed by atoms with Crippen LogP contribution >= 0.6 is 0 Å². The Morgan fingerprint density at radius 1 is 0.857 bits per heavy atom. The summed E-state index contributed by atoms with van der Waals surface area (Å²) in [7, 11) is 4.66. The number of nitrogens with zero attached hydrogens (tertiary/aromatic N) is 1. The van der Waals surface area contributed by atoms with Crippen LogP contribution in [0.5, 0.6) is 17.2 Å². The number of hydrogen-bond donors (Lipinski definition) is 1. The predicted molar refractivity (Wildman–Crippen MR) is 104 cm³/mol. The Bertz CT molecular complexity index is 781. The van der Waals surface area contributed by atoms with E-state index in [-0.39, 0.29) is 25.4 Å². The van der Waals surface area contributed by atoms with Crippen LogP contribution in [-0.2, 0) is 22.6 Å². The third kappa shape index (κ3) is 6.19. The van der Waals surface area contributed by atoms with Crippen molar-refractivity contribution in [3.8, 4) is 17.2 Å². The van der Waals surface area contributed by atoms with Gasteiger partial charge in [-0.1, -0.05) is 12.1 Å². The number of ether oxygens (including phenoxy) is 3. The molecule has 28 heavy (non-hydrogen) atoms. The summed E-state index contributed by atoms with van der Waals surface area (Å²) in [4.78, 5) is 25.2. The van der Waals surface area contributed by atoms with Crippen molar-refractivity contribution >= 4 is 11.9 Å². The van der Waals surface area contributed by atoms with Gasteiger partial charge in [-0.15, -0.1) is 0 Å². The Labute approximate surface area is 164 Å². The van der Waals surface area contributed by atoms with Crippen LogP contribution in [0.1, 0.15) is 17.5 Å². The van der Waals surface area contributed by atoms with Crippen molar-refractivity contribution in [3.05, 3.63) is 53.6 Å². The van der Waals surface area contributed by atoms with Crippen LogP contribution in [0, 0.1) is 0 Å². The predicted octanol–water partition coefficient (Wildman–Crippen LogP) is 2.76.